The van der Waals surface area contributed by atoms with Crippen LogP contribution in [0, 0.1) is 34.5 Å². The minimum atomic E-state index is -1.38. The van der Waals surface area contributed by atoms with Crippen molar-refractivity contribution in [1.29, 1.82) is 0 Å². The van der Waals surface area contributed by atoms with Crippen molar-refractivity contribution in [3.8, 4) is 0 Å². The zero-order chi connectivity index (χ0) is 18.9. The lowest BCUT2D eigenvalue weighted by Gasteiger charge is -2.60. The molecule has 148 valence electrons. The van der Waals surface area contributed by atoms with Crippen molar-refractivity contribution < 1.29 is 25.2 Å². The van der Waals surface area contributed by atoms with E-state index in [4.69, 9.17) is 0 Å². The molecule has 26 heavy (non-hydrogen) atoms. The molecule has 0 heterocycles. The van der Waals surface area contributed by atoms with Crippen molar-refractivity contribution in [1.82, 2.24) is 0 Å². The van der Waals surface area contributed by atoms with Crippen LogP contribution in [0.2, 0.25) is 0 Å². The van der Waals surface area contributed by atoms with E-state index in [0.717, 1.165) is 38.5 Å². The Morgan fingerprint density at radius 2 is 1.88 bits per heavy atom. The molecular formula is C21H34O5. The highest BCUT2D eigenvalue weighted by Gasteiger charge is 2.68. The molecule has 5 heteroatoms. The molecule has 0 amide bonds. The van der Waals surface area contributed by atoms with E-state index in [1.165, 1.54) is 0 Å². The summed E-state index contributed by atoms with van der Waals surface area (Å²) in [6, 6.07) is 0. The predicted octanol–water partition coefficient (Wildman–Crippen LogP) is 1.65. The van der Waals surface area contributed by atoms with Crippen LogP contribution in [-0.2, 0) is 4.79 Å². The van der Waals surface area contributed by atoms with Crippen LogP contribution in [0.5, 0.6) is 0 Å². The number of aliphatic hydroxyl groups excluding tert-OH is 3. The fourth-order valence-electron chi connectivity index (χ4n) is 7.79. The maximum Gasteiger partial charge on any atom is 0.137 e. The van der Waals surface area contributed by atoms with E-state index in [1.54, 1.807) is 0 Å². The van der Waals surface area contributed by atoms with Gasteiger partial charge in [-0.25, -0.2) is 0 Å². The summed E-state index contributed by atoms with van der Waals surface area (Å²) >= 11 is 0. The fourth-order valence-corrected chi connectivity index (χ4v) is 7.79. The van der Waals surface area contributed by atoms with E-state index < -0.39 is 23.7 Å². The molecule has 4 rings (SSSR count). The van der Waals surface area contributed by atoms with Crippen LogP contribution in [0.15, 0.2) is 0 Å². The van der Waals surface area contributed by atoms with Gasteiger partial charge >= 0.3 is 0 Å². The zero-order valence-electron chi connectivity index (χ0n) is 16.0. The van der Waals surface area contributed by atoms with E-state index in [0.29, 0.717) is 12.3 Å². The second-order valence-corrected chi connectivity index (χ2v) is 10.2. The number of Topliss-reactive ketones (excluding diaryl/α,β-unsaturated/α-hetero) is 1. The molecule has 5 nitrogen and oxygen atoms in total. The minimum Gasteiger partial charge on any atom is -0.394 e. The molecule has 4 fully saturated rings. The number of aliphatic hydroxyl groups is 4. The molecule has 0 radical (unpaired) electrons. The summed E-state index contributed by atoms with van der Waals surface area (Å²) in [6.07, 6.45) is 4.61. The molecule has 4 aliphatic rings. The quantitative estimate of drug-likeness (QED) is 0.596. The number of hydrogen-bond acceptors (Lipinski definition) is 5. The summed E-state index contributed by atoms with van der Waals surface area (Å²) < 4.78 is 0. The van der Waals surface area contributed by atoms with Crippen LogP contribution in [-0.4, -0.2) is 50.6 Å². The van der Waals surface area contributed by atoms with Gasteiger partial charge in [0.1, 0.15) is 11.9 Å². The Kier molecular flexibility index (Phi) is 4.35. The first-order chi connectivity index (χ1) is 12.2. The first kappa shape index (κ1) is 18.9. The Balaban J connectivity index is 1.69. The summed E-state index contributed by atoms with van der Waals surface area (Å²) in [5.74, 6) is 1.10. The molecule has 0 bridgehead atoms. The monoisotopic (exact) mass is 366 g/mol. The third-order valence-corrected chi connectivity index (χ3v) is 9.27. The largest absolute Gasteiger partial charge is 0.394 e. The summed E-state index contributed by atoms with van der Waals surface area (Å²) in [4.78, 5) is 13.4. The molecule has 4 aliphatic carbocycles. The predicted molar refractivity (Wildman–Crippen MR) is 96.2 cm³/mol. The van der Waals surface area contributed by atoms with E-state index in [1.807, 2.05) is 6.92 Å². The Bertz CT molecular complexity index is 593. The van der Waals surface area contributed by atoms with Crippen LogP contribution >= 0.6 is 0 Å². The van der Waals surface area contributed by atoms with E-state index in [9.17, 15) is 25.2 Å². The third kappa shape index (κ3) is 2.27. The topological polar surface area (TPSA) is 98.0 Å². The summed E-state index contributed by atoms with van der Waals surface area (Å²) in [5, 5.41) is 41.2. The van der Waals surface area contributed by atoms with Gasteiger partial charge in [-0.1, -0.05) is 13.8 Å². The highest BCUT2D eigenvalue weighted by molar-refractivity contribution is 5.84. The Labute approximate surface area is 155 Å². The zero-order valence-corrected chi connectivity index (χ0v) is 16.0. The van der Waals surface area contributed by atoms with Gasteiger partial charge in [0, 0.05) is 17.8 Å². The molecule has 0 aromatic carbocycles. The minimum absolute atomic E-state index is 0.0143. The molecule has 0 aliphatic heterocycles. The van der Waals surface area contributed by atoms with Crippen LogP contribution in [0.1, 0.15) is 65.2 Å². The molecule has 4 N–H and O–H groups in total. The smallest absolute Gasteiger partial charge is 0.137 e. The number of fused-ring (bicyclic) bond motifs is 5. The van der Waals surface area contributed by atoms with E-state index in [-0.39, 0.29) is 41.5 Å². The third-order valence-electron chi connectivity index (χ3n) is 9.27. The molecule has 0 aromatic rings. The summed E-state index contributed by atoms with van der Waals surface area (Å²) in [6.45, 7) is 3.74. The lowest BCUT2D eigenvalue weighted by molar-refractivity contribution is -0.196. The van der Waals surface area contributed by atoms with Crippen molar-refractivity contribution in [2.75, 3.05) is 6.61 Å². The van der Waals surface area contributed by atoms with Gasteiger partial charge in [-0.15, -0.1) is 0 Å². The highest BCUT2D eigenvalue weighted by atomic mass is 16.4. The van der Waals surface area contributed by atoms with E-state index >= 15 is 0 Å². The molecule has 0 unspecified atom stereocenters. The average Bonchev–Trinajstić information content (AvgIpc) is 2.86. The number of carbonyl (C=O) groups excluding carboxylic acids is 1. The first-order valence-electron chi connectivity index (χ1n) is 10.4. The normalized spacial score (nSPS) is 55.0. The maximum absolute atomic E-state index is 13.4. The number of rotatable bonds is 2. The molecule has 0 spiro atoms. The molecule has 4 saturated carbocycles. The van der Waals surface area contributed by atoms with Gasteiger partial charge in [0.05, 0.1) is 18.3 Å². The van der Waals surface area contributed by atoms with Crippen LogP contribution in [0.25, 0.3) is 0 Å². The van der Waals surface area contributed by atoms with Gasteiger partial charge in [0.25, 0.3) is 0 Å². The van der Waals surface area contributed by atoms with Gasteiger partial charge in [0.15, 0.2) is 0 Å². The standard InChI is InChI=1S/C21H34O5/c1-19-7-5-13(23)9-12(19)3-4-14-15-6-8-21(26,17(25)11-22)20(15,2)10-16(24)18(14)19/h12-15,17-18,22-23,25-26H,3-11H2,1-2H3/t12-,13+,14-,15+,17-,18+,19-,20+,21-/m0/s1. The fraction of sp³-hybridized carbons (Fsp3) is 0.952. The average molecular weight is 366 g/mol. The van der Waals surface area contributed by atoms with Gasteiger partial charge in [0.2, 0.25) is 0 Å². The lowest BCUT2D eigenvalue weighted by atomic mass is 9.44. The second-order valence-electron chi connectivity index (χ2n) is 10.2. The first-order valence-corrected chi connectivity index (χ1v) is 10.4. The molecule has 9 atom stereocenters. The van der Waals surface area contributed by atoms with Crippen LogP contribution in [0.3, 0.4) is 0 Å². The SMILES string of the molecule is C[C@]12CC[C@@H](O)C[C@@H]1CC[C@H]1[C@H]3CC[C@](O)([C@@H](O)CO)[C@]3(C)CC(=O)[C@@H]12. The van der Waals surface area contributed by atoms with Crippen molar-refractivity contribution in [2.24, 2.45) is 34.5 Å². The van der Waals surface area contributed by atoms with Crippen LogP contribution < -0.4 is 0 Å². The van der Waals surface area contributed by atoms with Crippen molar-refractivity contribution in [3.05, 3.63) is 0 Å². The molecule has 0 aromatic heterocycles. The Morgan fingerprint density at radius 3 is 2.58 bits per heavy atom. The second kappa shape index (κ2) is 6.00. The molecule has 0 saturated heterocycles. The Morgan fingerprint density at radius 1 is 1.15 bits per heavy atom. The highest BCUT2D eigenvalue weighted by Crippen LogP contribution is 2.67. The molecular weight excluding hydrogens is 332 g/mol. The van der Waals surface area contributed by atoms with Crippen LogP contribution in [0.4, 0.5) is 0 Å². The number of hydrogen-bond donors (Lipinski definition) is 4. The van der Waals surface area contributed by atoms with Crippen molar-refractivity contribution in [2.45, 2.75) is 83.0 Å². The van der Waals surface area contributed by atoms with Gasteiger partial charge in [-0.3, -0.25) is 4.79 Å². The van der Waals surface area contributed by atoms with E-state index in [2.05, 4.69) is 6.92 Å². The van der Waals surface area contributed by atoms with Crippen molar-refractivity contribution >= 4 is 5.78 Å². The summed E-state index contributed by atoms with van der Waals surface area (Å²) in [7, 11) is 0. The summed E-state index contributed by atoms with van der Waals surface area (Å²) in [5.41, 5.74) is -2.09. The lowest BCUT2D eigenvalue weighted by Crippen LogP contribution is -2.63. The Hall–Kier alpha value is -0.490. The van der Waals surface area contributed by atoms with Gasteiger partial charge in [-0.05, 0) is 68.1 Å². The van der Waals surface area contributed by atoms with Gasteiger partial charge in [-0.2, -0.15) is 0 Å². The van der Waals surface area contributed by atoms with Crippen molar-refractivity contribution in [3.63, 3.8) is 0 Å². The maximum atomic E-state index is 13.4. The van der Waals surface area contributed by atoms with Gasteiger partial charge < -0.3 is 20.4 Å². The number of ketones is 1. The number of carbonyl (C=O) groups is 1.